The average Bonchev–Trinajstić information content (AvgIpc) is 2.87. The molecule has 0 bridgehead atoms. The molecule has 0 atom stereocenters. The molecule has 5 aromatic rings. The summed E-state index contributed by atoms with van der Waals surface area (Å²) in [7, 11) is 0. The lowest BCUT2D eigenvalue weighted by Gasteiger charge is -2.15. The molecule has 0 aliphatic rings. The molecule has 0 amide bonds. The molecule has 184 valence electrons. The van der Waals surface area contributed by atoms with Gasteiger partial charge < -0.3 is 30.4 Å². The van der Waals surface area contributed by atoms with Crippen molar-refractivity contribution in [1.29, 1.82) is 0 Å². The molecule has 4 N–H and O–H groups in total. The minimum Gasteiger partial charge on any atom is -0.457 e. The first-order valence-corrected chi connectivity index (χ1v) is 11.7. The summed E-state index contributed by atoms with van der Waals surface area (Å²) in [6, 6.07) is 35.1. The Balaban J connectivity index is 1.30. The smallest absolute Gasteiger partial charge is 0.134 e. The van der Waals surface area contributed by atoms with Gasteiger partial charge in [-0.1, -0.05) is 30.3 Å². The summed E-state index contributed by atoms with van der Waals surface area (Å²) in [6.45, 7) is 1.95. The fraction of sp³-hybridized carbons (Fsp3) is 0.0323. The highest BCUT2D eigenvalue weighted by Crippen LogP contribution is 2.36. The molecule has 0 radical (unpaired) electrons. The molecule has 5 rings (SSSR count). The van der Waals surface area contributed by atoms with Crippen molar-refractivity contribution in [3.8, 4) is 46.0 Å². The van der Waals surface area contributed by atoms with Gasteiger partial charge in [-0.3, -0.25) is 0 Å². The molecule has 0 aliphatic heterocycles. The average molecular weight is 491 g/mol. The van der Waals surface area contributed by atoms with Crippen LogP contribution in [0.5, 0.6) is 46.0 Å². The van der Waals surface area contributed by atoms with Gasteiger partial charge in [0.2, 0.25) is 0 Å². The summed E-state index contributed by atoms with van der Waals surface area (Å²) in [6.07, 6.45) is 0. The van der Waals surface area contributed by atoms with E-state index in [0.717, 1.165) is 5.56 Å². The molecule has 0 saturated heterocycles. The van der Waals surface area contributed by atoms with E-state index in [1.165, 1.54) is 0 Å². The van der Waals surface area contributed by atoms with Crippen LogP contribution in [0.2, 0.25) is 0 Å². The first-order valence-electron chi connectivity index (χ1n) is 11.7. The Bertz CT molecular complexity index is 1420. The van der Waals surface area contributed by atoms with Crippen LogP contribution < -0.4 is 30.4 Å². The van der Waals surface area contributed by atoms with Crippen LogP contribution in [0.1, 0.15) is 5.56 Å². The molecule has 6 heteroatoms. The van der Waals surface area contributed by atoms with E-state index < -0.39 is 0 Å². The van der Waals surface area contributed by atoms with Crippen LogP contribution in [-0.2, 0) is 0 Å². The van der Waals surface area contributed by atoms with E-state index in [4.69, 9.17) is 30.4 Å². The van der Waals surface area contributed by atoms with Crippen LogP contribution >= 0.6 is 0 Å². The highest BCUT2D eigenvalue weighted by molar-refractivity contribution is 5.50. The van der Waals surface area contributed by atoms with Gasteiger partial charge in [0.05, 0.1) is 0 Å². The lowest BCUT2D eigenvalue weighted by Crippen LogP contribution is -1.93. The number of nitrogen functional groups attached to an aromatic ring is 2. The van der Waals surface area contributed by atoms with Crippen LogP contribution in [0.25, 0.3) is 0 Å². The first-order chi connectivity index (χ1) is 18.0. The zero-order chi connectivity index (χ0) is 25.6. The van der Waals surface area contributed by atoms with Crippen LogP contribution in [0.15, 0.2) is 115 Å². The van der Waals surface area contributed by atoms with E-state index in [0.29, 0.717) is 57.4 Å². The summed E-state index contributed by atoms with van der Waals surface area (Å²) < 4.78 is 24.2. The number of hydrogen-bond acceptors (Lipinski definition) is 6. The molecular formula is C31H26N2O4. The van der Waals surface area contributed by atoms with Crippen molar-refractivity contribution in [2.75, 3.05) is 11.5 Å². The normalized spacial score (nSPS) is 10.5. The van der Waals surface area contributed by atoms with E-state index in [2.05, 4.69) is 0 Å². The van der Waals surface area contributed by atoms with Gasteiger partial charge in [-0.25, -0.2) is 0 Å². The van der Waals surface area contributed by atoms with Crippen LogP contribution in [-0.4, -0.2) is 0 Å². The number of rotatable bonds is 8. The molecule has 5 aromatic carbocycles. The Hall–Kier alpha value is -5.10. The molecule has 0 heterocycles. The number of hydrogen-bond donors (Lipinski definition) is 2. The number of anilines is 2. The molecule has 0 aromatic heterocycles. The SMILES string of the molecule is Cc1c(Oc2cccc(Oc3cccc(N)c3)c2)cccc1Oc1cccc(Oc2cccc(N)c2)c1. The van der Waals surface area contributed by atoms with Gasteiger partial charge >= 0.3 is 0 Å². The Labute approximate surface area is 215 Å². The standard InChI is InChI=1S/C31H26N2O4/c1-21-30(36-28-13-4-11-26(19-28)34-24-9-2-7-22(32)17-24)15-6-16-31(21)37-29-14-5-12-27(20-29)35-25-10-3-8-23(33)18-25/h2-20H,32-33H2,1H3. The van der Waals surface area contributed by atoms with Crippen molar-refractivity contribution in [3.05, 3.63) is 121 Å². The molecule has 37 heavy (non-hydrogen) atoms. The maximum atomic E-state index is 6.18. The second-order valence-corrected chi connectivity index (χ2v) is 8.38. The predicted molar refractivity (Wildman–Crippen MR) is 146 cm³/mol. The lowest BCUT2D eigenvalue weighted by atomic mass is 10.2. The minimum atomic E-state index is 0.638. The van der Waals surface area contributed by atoms with E-state index in [1.54, 1.807) is 12.1 Å². The van der Waals surface area contributed by atoms with Gasteiger partial charge in [-0.15, -0.1) is 0 Å². The number of benzene rings is 5. The van der Waals surface area contributed by atoms with Gasteiger partial charge in [-0.2, -0.15) is 0 Å². The van der Waals surface area contributed by atoms with Gasteiger partial charge in [0.15, 0.2) is 0 Å². The lowest BCUT2D eigenvalue weighted by molar-refractivity contribution is 0.442. The maximum Gasteiger partial charge on any atom is 0.134 e. The Kier molecular flexibility index (Phi) is 6.81. The number of ether oxygens (including phenoxy) is 4. The zero-order valence-electron chi connectivity index (χ0n) is 20.3. The summed E-state index contributed by atoms with van der Waals surface area (Å²) >= 11 is 0. The predicted octanol–water partition coefficient (Wildman–Crippen LogP) is 8.33. The Morgan fingerprint density at radius 2 is 0.730 bits per heavy atom. The topological polar surface area (TPSA) is 89.0 Å². The zero-order valence-corrected chi connectivity index (χ0v) is 20.3. The van der Waals surface area contributed by atoms with Crippen LogP contribution in [0, 0.1) is 6.92 Å². The van der Waals surface area contributed by atoms with Crippen molar-refractivity contribution in [1.82, 2.24) is 0 Å². The van der Waals surface area contributed by atoms with Crippen molar-refractivity contribution in [2.24, 2.45) is 0 Å². The Morgan fingerprint density at radius 1 is 0.405 bits per heavy atom. The molecule has 0 spiro atoms. The highest BCUT2D eigenvalue weighted by atomic mass is 16.5. The third-order valence-electron chi connectivity index (χ3n) is 5.49. The van der Waals surface area contributed by atoms with Crippen molar-refractivity contribution in [3.63, 3.8) is 0 Å². The third kappa shape index (κ3) is 6.13. The summed E-state index contributed by atoms with van der Waals surface area (Å²) in [5, 5.41) is 0. The van der Waals surface area contributed by atoms with Gasteiger partial charge in [0, 0.05) is 41.2 Å². The quantitative estimate of drug-likeness (QED) is 0.213. The summed E-state index contributed by atoms with van der Waals surface area (Å²) in [5.74, 6) is 5.22. The van der Waals surface area contributed by atoms with E-state index in [-0.39, 0.29) is 0 Å². The van der Waals surface area contributed by atoms with Crippen molar-refractivity contribution >= 4 is 11.4 Å². The second kappa shape index (κ2) is 10.7. The van der Waals surface area contributed by atoms with E-state index >= 15 is 0 Å². The first kappa shape index (κ1) is 23.6. The van der Waals surface area contributed by atoms with Gasteiger partial charge in [0.25, 0.3) is 0 Å². The fourth-order valence-corrected chi connectivity index (χ4v) is 3.70. The second-order valence-electron chi connectivity index (χ2n) is 8.38. The largest absolute Gasteiger partial charge is 0.457 e. The monoisotopic (exact) mass is 490 g/mol. The molecule has 6 nitrogen and oxygen atoms in total. The summed E-state index contributed by atoms with van der Waals surface area (Å²) in [5.41, 5.74) is 13.8. The molecular weight excluding hydrogens is 464 g/mol. The number of nitrogens with two attached hydrogens (primary N) is 2. The van der Waals surface area contributed by atoms with Crippen LogP contribution in [0.3, 0.4) is 0 Å². The van der Waals surface area contributed by atoms with E-state index in [9.17, 15) is 0 Å². The Morgan fingerprint density at radius 3 is 1.14 bits per heavy atom. The van der Waals surface area contributed by atoms with E-state index in [1.807, 2.05) is 110 Å². The molecule has 0 unspecified atom stereocenters. The molecule has 0 fully saturated rings. The highest BCUT2D eigenvalue weighted by Gasteiger charge is 2.10. The fourth-order valence-electron chi connectivity index (χ4n) is 3.70. The van der Waals surface area contributed by atoms with Gasteiger partial charge in [0.1, 0.15) is 46.0 Å². The maximum absolute atomic E-state index is 6.18. The van der Waals surface area contributed by atoms with Crippen LogP contribution in [0.4, 0.5) is 11.4 Å². The third-order valence-corrected chi connectivity index (χ3v) is 5.49. The van der Waals surface area contributed by atoms with Crippen molar-refractivity contribution < 1.29 is 18.9 Å². The molecule has 0 saturated carbocycles. The summed E-state index contributed by atoms with van der Waals surface area (Å²) in [4.78, 5) is 0. The van der Waals surface area contributed by atoms with Gasteiger partial charge in [-0.05, 0) is 67.6 Å². The molecule has 0 aliphatic carbocycles. The van der Waals surface area contributed by atoms with Crippen molar-refractivity contribution in [2.45, 2.75) is 6.92 Å². The minimum absolute atomic E-state index is 0.638.